The van der Waals surface area contributed by atoms with E-state index < -0.39 is 11.5 Å². The van der Waals surface area contributed by atoms with Gasteiger partial charge in [0.25, 0.3) is 5.91 Å². The van der Waals surface area contributed by atoms with Crippen LogP contribution in [0.15, 0.2) is 42.2 Å². The van der Waals surface area contributed by atoms with Crippen molar-refractivity contribution in [2.75, 3.05) is 6.54 Å². The van der Waals surface area contributed by atoms with Gasteiger partial charge >= 0.3 is 0 Å². The number of carbonyl (C=O) groups excluding carboxylic acids is 1. The van der Waals surface area contributed by atoms with Crippen LogP contribution in [0, 0.1) is 5.82 Å². The minimum absolute atomic E-state index is 0.0297. The summed E-state index contributed by atoms with van der Waals surface area (Å²) in [4.78, 5) is 19.7. The number of hydrogen-bond acceptors (Lipinski definition) is 4. The maximum absolute atomic E-state index is 15.6. The average molecular weight is 402 g/mol. The van der Waals surface area contributed by atoms with Gasteiger partial charge in [0.2, 0.25) is 0 Å². The van der Waals surface area contributed by atoms with Crippen molar-refractivity contribution in [3.05, 3.63) is 59.2 Å². The molecule has 0 aromatic carbocycles. The molecule has 1 amide bonds. The van der Waals surface area contributed by atoms with Gasteiger partial charge in [-0.3, -0.25) is 14.9 Å². The molecule has 2 atom stereocenters. The van der Waals surface area contributed by atoms with Crippen molar-refractivity contribution in [1.82, 2.24) is 20.1 Å². The van der Waals surface area contributed by atoms with Crippen LogP contribution in [0.25, 0.3) is 10.4 Å². The third kappa shape index (κ3) is 3.32. The van der Waals surface area contributed by atoms with Crippen molar-refractivity contribution < 1.29 is 13.6 Å². The SMILES string of the molecule is CCC1CC(F)(c2ncccc2F)CCN1C(=O)c1csc(-c2cn[nH]c2)c1. The molecule has 1 saturated heterocycles. The maximum atomic E-state index is 15.6. The van der Waals surface area contributed by atoms with Crippen LogP contribution in [0.1, 0.15) is 42.2 Å². The molecule has 0 bridgehead atoms. The summed E-state index contributed by atoms with van der Waals surface area (Å²) in [6.07, 6.45) is 5.54. The number of amides is 1. The molecule has 8 heteroatoms. The van der Waals surface area contributed by atoms with Crippen LogP contribution < -0.4 is 0 Å². The minimum Gasteiger partial charge on any atom is -0.335 e. The highest BCUT2D eigenvalue weighted by molar-refractivity contribution is 7.13. The third-order valence-corrected chi connectivity index (χ3v) is 6.27. The zero-order valence-electron chi connectivity index (χ0n) is 15.4. The number of aromatic amines is 1. The Kier molecular flexibility index (Phi) is 4.97. The van der Waals surface area contributed by atoms with Crippen molar-refractivity contribution in [2.45, 2.75) is 37.9 Å². The predicted molar refractivity (Wildman–Crippen MR) is 103 cm³/mol. The molecule has 0 spiro atoms. The molecule has 1 fully saturated rings. The van der Waals surface area contributed by atoms with Crippen molar-refractivity contribution in [3.8, 4) is 10.4 Å². The summed E-state index contributed by atoms with van der Waals surface area (Å²) in [6, 6.07) is 4.20. The van der Waals surface area contributed by atoms with E-state index in [4.69, 9.17) is 0 Å². The van der Waals surface area contributed by atoms with E-state index in [0.717, 1.165) is 10.4 Å². The molecule has 1 N–H and O–H groups in total. The summed E-state index contributed by atoms with van der Waals surface area (Å²) in [7, 11) is 0. The molecule has 5 nitrogen and oxygen atoms in total. The van der Waals surface area contributed by atoms with E-state index in [-0.39, 0.29) is 37.0 Å². The van der Waals surface area contributed by atoms with Crippen LogP contribution >= 0.6 is 11.3 Å². The summed E-state index contributed by atoms with van der Waals surface area (Å²) in [6.45, 7) is 2.14. The molecule has 1 aliphatic heterocycles. The standard InChI is InChI=1S/C20H20F2N4OS/c1-2-15-9-20(22,18-16(21)4-3-6-23-18)5-7-26(15)19(27)13-8-17(28-12-13)14-10-24-25-11-14/h3-4,6,8,10-12,15H,2,5,7,9H2,1H3,(H,24,25). The van der Waals surface area contributed by atoms with Crippen LogP contribution in [-0.2, 0) is 5.67 Å². The summed E-state index contributed by atoms with van der Waals surface area (Å²) in [5, 5.41) is 8.50. The van der Waals surface area contributed by atoms with Gasteiger partial charge in [-0.05, 0) is 24.6 Å². The van der Waals surface area contributed by atoms with Crippen molar-refractivity contribution in [2.24, 2.45) is 0 Å². The number of carbonyl (C=O) groups is 1. The zero-order valence-corrected chi connectivity index (χ0v) is 16.2. The first-order valence-electron chi connectivity index (χ1n) is 9.20. The van der Waals surface area contributed by atoms with Crippen LogP contribution in [0.4, 0.5) is 8.78 Å². The first-order valence-corrected chi connectivity index (χ1v) is 10.1. The molecule has 1 aliphatic rings. The first-order chi connectivity index (χ1) is 13.5. The van der Waals surface area contributed by atoms with Crippen LogP contribution in [0.2, 0.25) is 0 Å². The van der Waals surface area contributed by atoms with Crippen molar-refractivity contribution in [3.63, 3.8) is 0 Å². The number of nitrogens with one attached hydrogen (secondary N) is 1. The fraction of sp³-hybridized carbons (Fsp3) is 0.350. The maximum Gasteiger partial charge on any atom is 0.254 e. The molecule has 4 heterocycles. The summed E-state index contributed by atoms with van der Waals surface area (Å²) in [5.74, 6) is -0.761. The number of likely N-dealkylation sites (tertiary alicyclic amines) is 1. The van der Waals surface area contributed by atoms with E-state index in [9.17, 15) is 9.18 Å². The van der Waals surface area contributed by atoms with E-state index >= 15 is 4.39 Å². The number of alkyl halides is 1. The molecule has 3 aromatic heterocycles. The molecular weight excluding hydrogens is 382 g/mol. The molecule has 0 saturated carbocycles. The lowest BCUT2D eigenvalue weighted by Gasteiger charge is -2.42. The number of nitrogens with zero attached hydrogens (tertiary/aromatic N) is 3. The van der Waals surface area contributed by atoms with E-state index in [1.165, 1.54) is 29.7 Å². The Morgan fingerprint density at radius 1 is 1.50 bits per heavy atom. The van der Waals surface area contributed by atoms with Crippen LogP contribution in [0.3, 0.4) is 0 Å². The number of pyridine rings is 1. The van der Waals surface area contributed by atoms with Gasteiger partial charge in [-0.1, -0.05) is 6.92 Å². The van der Waals surface area contributed by atoms with Gasteiger partial charge in [0, 0.05) is 53.6 Å². The lowest BCUT2D eigenvalue weighted by atomic mass is 9.83. The van der Waals surface area contributed by atoms with E-state index in [1.54, 1.807) is 17.3 Å². The highest BCUT2D eigenvalue weighted by Crippen LogP contribution is 2.41. The number of aromatic nitrogens is 3. The smallest absolute Gasteiger partial charge is 0.254 e. The third-order valence-electron chi connectivity index (χ3n) is 5.29. The molecule has 0 aliphatic carbocycles. The Bertz CT molecular complexity index is 974. The van der Waals surface area contributed by atoms with E-state index in [0.29, 0.717) is 12.0 Å². The predicted octanol–water partition coefficient (Wildman–Crippen LogP) is 4.55. The Balaban J connectivity index is 1.55. The number of rotatable bonds is 4. The molecule has 28 heavy (non-hydrogen) atoms. The molecule has 146 valence electrons. The average Bonchev–Trinajstić information content (AvgIpc) is 3.39. The highest BCUT2D eigenvalue weighted by Gasteiger charge is 2.45. The second-order valence-electron chi connectivity index (χ2n) is 7.00. The van der Waals surface area contributed by atoms with E-state index in [2.05, 4.69) is 15.2 Å². The van der Waals surface area contributed by atoms with Crippen molar-refractivity contribution >= 4 is 17.2 Å². The fourth-order valence-corrected chi connectivity index (χ4v) is 4.65. The van der Waals surface area contributed by atoms with E-state index in [1.807, 2.05) is 18.4 Å². The summed E-state index contributed by atoms with van der Waals surface area (Å²) < 4.78 is 29.7. The van der Waals surface area contributed by atoms with Gasteiger partial charge in [-0.25, -0.2) is 8.78 Å². The summed E-state index contributed by atoms with van der Waals surface area (Å²) >= 11 is 1.47. The summed E-state index contributed by atoms with van der Waals surface area (Å²) in [5.41, 5.74) is -0.518. The molecule has 3 aromatic rings. The number of halogens is 2. The van der Waals surface area contributed by atoms with Gasteiger partial charge in [-0.2, -0.15) is 5.10 Å². The molecular formula is C20H20F2N4OS. The van der Waals surface area contributed by atoms with Crippen LogP contribution in [-0.4, -0.2) is 38.6 Å². The van der Waals surface area contributed by atoms with Gasteiger partial charge in [0.1, 0.15) is 11.5 Å². The molecule has 4 rings (SSSR count). The number of H-pyrrole nitrogens is 1. The number of hydrogen-bond donors (Lipinski definition) is 1. The normalized spacial score (nSPS) is 22.4. The topological polar surface area (TPSA) is 61.9 Å². The zero-order chi connectivity index (χ0) is 19.7. The molecule has 0 radical (unpaired) electrons. The quantitative estimate of drug-likeness (QED) is 0.696. The van der Waals surface area contributed by atoms with Gasteiger partial charge < -0.3 is 4.90 Å². The van der Waals surface area contributed by atoms with Gasteiger partial charge in [-0.15, -0.1) is 11.3 Å². The highest BCUT2D eigenvalue weighted by atomic mass is 32.1. The minimum atomic E-state index is -1.86. The Hall–Kier alpha value is -2.61. The van der Waals surface area contributed by atoms with Crippen LogP contribution in [0.5, 0.6) is 0 Å². The first kappa shape index (κ1) is 18.7. The number of thiophene rings is 1. The monoisotopic (exact) mass is 402 g/mol. The number of piperidine rings is 1. The second-order valence-corrected chi connectivity index (χ2v) is 7.91. The lowest BCUT2D eigenvalue weighted by Crippen LogP contribution is -2.50. The van der Waals surface area contributed by atoms with Gasteiger partial charge in [0.15, 0.2) is 5.67 Å². The Labute approximate surface area is 165 Å². The largest absolute Gasteiger partial charge is 0.335 e. The second kappa shape index (κ2) is 7.43. The lowest BCUT2D eigenvalue weighted by molar-refractivity contribution is 0.0101. The van der Waals surface area contributed by atoms with Crippen molar-refractivity contribution in [1.29, 1.82) is 0 Å². The fourth-order valence-electron chi connectivity index (χ4n) is 3.78. The Morgan fingerprint density at radius 3 is 3.07 bits per heavy atom. The van der Waals surface area contributed by atoms with Gasteiger partial charge in [0.05, 0.1) is 11.8 Å². The Morgan fingerprint density at radius 2 is 2.36 bits per heavy atom. The molecule has 2 unspecified atom stereocenters.